The Morgan fingerprint density at radius 2 is 2.11 bits per heavy atom. The minimum absolute atomic E-state index is 0.0517. The van der Waals surface area contributed by atoms with Crippen molar-refractivity contribution in [2.24, 2.45) is 0 Å². The van der Waals surface area contributed by atoms with Gasteiger partial charge in [0.25, 0.3) is 0 Å². The molecule has 0 saturated carbocycles. The van der Waals surface area contributed by atoms with E-state index < -0.39 is 9.84 Å². The summed E-state index contributed by atoms with van der Waals surface area (Å²) in [4.78, 5) is 0. The lowest BCUT2D eigenvalue weighted by Crippen LogP contribution is -2.45. The van der Waals surface area contributed by atoms with Crippen LogP contribution in [-0.2, 0) is 16.3 Å². The molecule has 96 valence electrons. The van der Waals surface area contributed by atoms with Gasteiger partial charge in [-0.05, 0) is 17.7 Å². The van der Waals surface area contributed by atoms with E-state index in [4.69, 9.17) is 14.7 Å². The minimum atomic E-state index is -2.90. The predicted molar refractivity (Wildman–Crippen MR) is 65.4 cm³/mol. The summed E-state index contributed by atoms with van der Waals surface area (Å²) < 4.78 is 32.8. The molecule has 1 aromatic rings. The van der Waals surface area contributed by atoms with Gasteiger partial charge < -0.3 is 9.47 Å². The Balaban J connectivity index is 2.11. The highest BCUT2D eigenvalue weighted by Gasteiger charge is 2.35. The van der Waals surface area contributed by atoms with E-state index >= 15 is 0 Å². The van der Waals surface area contributed by atoms with E-state index in [0.29, 0.717) is 17.9 Å². The molecular formula is C12H13NO4S. The Morgan fingerprint density at radius 3 is 2.67 bits per heavy atom. The van der Waals surface area contributed by atoms with Crippen LogP contribution in [0.25, 0.3) is 0 Å². The van der Waals surface area contributed by atoms with Crippen molar-refractivity contribution < 1.29 is 17.9 Å². The number of nitriles is 1. The number of nitrogens with zero attached hydrogens (tertiary/aromatic N) is 1. The molecule has 5 nitrogen and oxygen atoms in total. The van der Waals surface area contributed by atoms with Crippen molar-refractivity contribution in [3.05, 3.63) is 23.8 Å². The van der Waals surface area contributed by atoms with E-state index in [2.05, 4.69) is 6.07 Å². The zero-order valence-corrected chi connectivity index (χ0v) is 10.7. The smallest absolute Gasteiger partial charge is 0.161 e. The third kappa shape index (κ3) is 2.74. The van der Waals surface area contributed by atoms with Crippen LogP contribution in [0.3, 0.4) is 0 Å². The van der Waals surface area contributed by atoms with E-state index in [1.807, 2.05) is 0 Å². The van der Waals surface area contributed by atoms with E-state index in [1.54, 1.807) is 18.2 Å². The summed E-state index contributed by atoms with van der Waals surface area (Å²) in [5, 5.41) is 8.61. The highest BCUT2D eigenvalue weighted by molar-refractivity contribution is 7.92. The van der Waals surface area contributed by atoms with Gasteiger partial charge in [0, 0.05) is 0 Å². The quantitative estimate of drug-likeness (QED) is 0.811. The highest BCUT2D eigenvalue weighted by Crippen LogP contribution is 2.31. The van der Waals surface area contributed by atoms with Gasteiger partial charge in [-0.2, -0.15) is 5.26 Å². The largest absolute Gasteiger partial charge is 0.493 e. The first-order valence-corrected chi connectivity index (χ1v) is 7.27. The van der Waals surface area contributed by atoms with Crippen molar-refractivity contribution in [3.8, 4) is 17.6 Å². The molecule has 1 fully saturated rings. The molecule has 2 rings (SSSR count). The van der Waals surface area contributed by atoms with Crippen molar-refractivity contribution in [2.45, 2.75) is 12.5 Å². The molecule has 1 heterocycles. The van der Waals surface area contributed by atoms with Crippen LogP contribution >= 0.6 is 0 Å². The van der Waals surface area contributed by atoms with Crippen LogP contribution in [-0.4, -0.2) is 33.1 Å². The van der Waals surface area contributed by atoms with Crippen LogP contribution in [0.5, 0.6) is 11.5 Å². The molecule has 0 aliphatic carbocycles. The van der Waals surface area contributed by atoms with Crippen molar-refractivity contribution in [2.75, 3.05) is 18.6 Å². The number of hydrogen-bond acceptors (Lipinski definition) is 5. The Hall–Kier alpha value is -1.74. The zero-order chi connectivity index (χ0) is 13.2. The molecule has 1 aliphatic rings. The van der Waals surface area contributed by atoms with Gasteiger partial charge in [0.1, 0.15) is 6.10 Å². The van der Waals surface area contributed by atoms with Crippen LogP contribution in [0.2, 0.25) is 0 Å². The van der Waals surface area contributed by atoms with Crippen molar-refractivity contribution in [1.82, 2.24) is 0 Å². The number of rotatable bonds is 4. The van der Waals surface area contributed by atoms with Gasteiger partial charge >= 0.3 is 0 Å². The van der Waals surface area contributed by atoms with Crippen molar-refractivity contribution >= 4 is 9.84 Å². The lowest BCUT2D eigenvalue weighted by atomic mass is 10.1. The topological polar surface area (TPSA) is 76.4 Å². The number of methoxy groups -OCH3 is 1. The molecule has 0 radical (unpaired) electrons. The first kappa shape index (κ1) is 12.7. The van der Waals surface area contributed by atoms with E-state index in [0.717, 1.165) is 5.56 Å². The Morgan fingerprint density at radius 1 is 1.39 bits per heavy atom. The fourth-order valence-corrected chi connectivity index (χ4v) is 2.95. The zero-order valence-electron chi connectivity index (χ0n) is 9.92. The minimum Gasteiger partial charge on any atom is -0.493 e. The van der Waals surface area contributed by atoms with E-state index in [-0.39, 0.29) is 17.6 Å². The summed E-state index contributed by atoms with van der Waals surface area (Å²) in [6, 6.07) is 7.26. The monoisotopic (exact) mass is 267 g/mol. The molecule has 0 unspecified atom stereocenters. The molecule has 6 heteroatoms. The lowest BCUT2D eigenvalue weighted by molar-refractivity contribution is 0.219. The summed E-state index contributed by atoms with van der Waals surface area (Å²) in [7, 11) is -1.39. The van der Waals surface area contributed by atoms with Gasteiger partial charge in [0.05, 0.1) is 31.1 Å². The Kier molecular flexibility index (Phi) is 3.43. The molecule has 0 N–H and O–H groups in total. The molecule has 18 heavy (non-hydrogen) atoms. The van der Waals surface area contributed by atoms with Crippen molar-refractivity contribution in [3.63, 3.8) is 0 Å². The molecule has 1 saturated heterocycles. The number of hydrogen-bond donors (Lipinski definition) is 0. The highest BCUT2D eigenvalue weighted by atomic mass is 32.2. The maximum absolute atomic E-state index is 11.0. The lowest BCUT2D eigenvalue weighted by Gasteiger charge is -2.27. The fraction of sp³-hybridized carbons (Fsp3) is 0.417. The second-order valence-electron chi connectivity index (χ2n) is 4.14. The maximum Gasteiger partial charge on any atom is 0.161 e. The fourth-order valence-electron chi connectivity index (χ4n) is 1.78. The van der Waals surface area contributed by atoms with E-state index in [9.17, 15) is 8.42 Å². The summed E-state index contributed by atoms with van der Waals surface area (Å²) >= 11 is 0. The molecule has 0 amide bonds. The first-order valence-electron chi connectivity index (χ1n) is 5.45. The van der Waals surface area contributed by atoms with Crippen LogP contribution < -0.4 is 9.47 Å². The summed E-state index contributed by atoms with van der Waals surface area (Å²) in [5.74, 6) is 1.14. The van der Waals surface area contributed by atoms with E-state index in [1.165, 1.54) is 7.11 Å². The average molecular weight is 267 g/mol. The average Bonchev–Trinajstić information content (AvgIpc) is 2.29. The molecule has 0 spiro atoms. The van der Waals surface area contributed by atoms with Gasteiger partial charge in [-0.3, -0.25) is 0 Å². The van der Waals surface area contributed by atoms with Crippen LogP contribution in [0.4, 0.5) is 0 Å². The SMILES string of the molecule is COc1cc(CC#N)ccc1OC1CS(=O)(=O)C1. The normalized spacial score (nSPS) is 17.6. The Bertz CT molecular complexity index is 577. The van der Waals surface area contributed by atoms with Gasteiger partial charge in [-0.25, -0.2) is 8.42 Å². The van der Waals surface area contributed by atoms with Crippen LogP contribution in [0, 0.1) is 11.3 Å². The first-order chi connectivity index (χ1) is 8.54. The second kappa shape index (κ2) is 4.86. The number of sulfone groups is 1. The molecule has 0 atom stereocenters. The third-order valence-corrected chi connectivity index (χ3v) is 4.44. The number of ether oxygens (including phenoxy) is 2. The maximum atomic E-state index is 11.0. The van der Waals surface area contributed by atoms with Crippen molar-refractivity contribution in [1.29, 1.82) is 5.26 Å². The summed E-state index contributed by atoms with van der Waals surface area (Å²) in [5.41, 5.74) is 0.836. The molecule has 1 aliphatic heterocycles. The van der Waals surface area contributed by atoms with Gasteiger partial charge in [-0.1, -0.05) is 6.07 Å². The standard InChI is InChI=1S/C12H13NO4S/c1-16-12-6-9(4-5-13)2-3-11(12)17-10-7-18(14,15)8-10/h2-3,6,10H,4,7-8H2,1H3. The summed E-state index contributed by atoms with van der Waals surface area (Å²) in [6.45, 7) is 0. The number of benzene rings is 1. The van der Waals surface area contributed by atoms with Crippen LogP contribution in [0.15, 0.2) is 18.2 Å². The van der Waals surface area contributed by atoms with Crippen LogP contribution in [0.1, 0.15) is 5.56 Å². The molecule has 0 bridgehead atoms. The van der Waals surface area contributed by atoms with Gasteiger partial charge in [0.2, 0.25) is 0 Å². The third-order valence-electron chi connectivity index (χ3n) is 2.68. The Labute approximate surface area is 106 Å². The molecule has 1 aromatic carbocycles. The second-order valence-corrected chi connectivity index (χ2v) is 6.29. The molecular weight excluding hydrogens is 254 g/mol. The predicted octanol–water partition coefficient (Wildman–Crippen LogP) is 0.937. The summed E-state index contributed by atoms with van der Waals surface area (Å²) in [6.07, 6.45) is -0.000215. The molecule has 0 aromatic heterocycles. The van der Waals surface area contributed by atoms with Gasteiger partial charge in [0.15, 0.2) is 21.3 Å². The van der Waals surface area contributed by atoms with Gasteiger partial charge in [-0.15, -0.1) is 0 Å².